The van der Waals surface area contributed by atoms with Gasteiger partial charge in [0.05, 0.1) is 22.8 Å². The molecule has 0 saturated heterocycles. The zero-order valence-electron chi connectivity index (χ0n) is 18.1. The summed E-state index contributed by atoms with van der Waals surface area (Å²) in [6, 6.07) is 17.1. The fourth-order valence-electron chi connectivity index (χ4n) is 3.03. The van der Waals surface area contributed by atoms with E-state index in [4.69, 9.17) is 4.74 Å². The second-order valence-electron chi connectivity index (χ2n) is 7.15. The van der Waals surface area contributed by atoms with E-state index in [0.29, 0.717) is 5.69 Å². The quantitative estimate of drug-likeness (QED) is 0.500. The van der Waals surface area contributed by atoms with Crippen LogP contribution in [0.25, 0.3) is 0 Å². The second kappa shape index (κ2) is 10.3. The molecule has 3 aromatic rings. The number of esters is 1. The molecule has 0 aliphatic carbocycles. The number of nitrogens with one attached hydrogen (secondary N) is 1. The molecule has 3 aromatic carbocycles. The highest BCUT2D eigenvalue weighted by Gasteiger charge is 2.27. The fraction of sp³-hybridized carbons (Fsp3) is 0.167. The summed E-state index contributed by atoms with van der Waals surface area (Å²) in [5.41, 5.74) is 1.56. The van der Waals surface area contributed by atoms with Gasteiger partial charge >= 0.3 is 5.97 Å². The van der Waals surface area contributed by atoms with Crippen molar-refractivity contribution in [2.24, 2.45) is 0 Å². The van der Waals surface area contributed by atoms with Crippen LogP contribution < -0.4 is 9.62 Å². The Labute approximate surface area is 191 Å². The van der Waals surface area contributed by atoms with Crippen molar-refractivity contribution >= 4 is 33.3 Å². The zero-order valence-corrected chi connectivity index (χ0v) is 18.9. The van der Waals surface area contributed by atoms with Crippen molar-refractivity contribution in [3.63, 3.8) is 0 Å². The van der Waals surface area contributed by atoms with Crippen LogP contribution in [0, 0.1) is 12.7 Å². The number of ether oxygens (including phenoxy) is 1. The largest absolute Gasteiger partial charge is 0.462 e. The number of rotatable bonds is 8. The molecule has 0 spiro atoms. The summed E-state index contributed by atoms with van der Waals surface area (Å²) >= 11 is 0. The van der Waals surface area contributed by atoms with Gasteiger partial charge in [-0.1, -0.05) is 23.8 Å². The second-order valence-corrected chi connectivity index (χ2v) is 9.01. The Morgan fingerprint density at radius 1 is 1.00 bits per heavy atom. The van der Waals surface area contributed by atoms with Gasteiger partial charge in [-0.25, -0.2) is 17.6 Å². The maximum absolute atomic E-state index is 13.4. The van der Waals surface area contributed by atoms with E-state index >= 15 is 0 Å². The average Bonchev–Trinajstić information content (AvgIpc) is 2.79. The minimum Gasteiger partial charge on any atom is -0.462 e. The lowest BCUT2D eigenvalue weighted by atomic mass is 10.2. The molecule has 9 heteroatoms. The van der Waals surface area contributed by atoms with E-state index in [0.717, 1.165) is 22.0 Å². The molecule has 33 heavy (non-hydrogen) atoms. The van der Waals surface area contributed by atoms with Crippen molar-refractivity contribution in [1.29, 1.82) is 0 Å². The number of sulfonamides is 1. The van der Waals surface area contributed by atoms with E-state index in [1.807, 2.05) is 6.92 Å². The lowest BCUT2D eigenvalue weighted by molar-refractivity contribution is -0.114. The van der Waals surface area contributed by atoms with E-state index in [-0.39, 0.29) is 22.8 Å². The number of benzene rings is 3. The van der Waals surface area contributed by atoms with Crippen LogP contribution in [0.2, 0.25) is 0 Å². The Bertz CT molecular complexity index is 1240. The molecule has 0 aromatic heterocycles. The van der Waals surface area contributed by atoms with E-state index in [1.54, 1.807) is 37.3 Å². The highest BCUT2D eigenvalue weighted by Crippen LogP contribution is 2.24. The topological polar surface area (TPSA) is 92.8 Å². The summed E-state index contributed by atoms with van der Waals surface area (Å²) in [6.45, 7) is 3.15. The Morgan fingerprint density at radius 2 is 1.67 bits per heavy atom. The predicted octanol–water partition coefficient (Wildman–Crippen LogP) is 4.14. The van der Waals surface area contributed by atoms with E-state index in [2.05, 4.69) is 5.32 Å². The third kappa shape index (κ3) is 5.95. The SMILES string of the molecule is CCOC(=O)c1cccc(NC(=O)CN(c2ccc(F)cc2)S(=O)(=O)c2ccc(C)cc2)c1. The van der Waals surface area contributed by atoms with Crippen LogP contribution in [0.1, 0.15) is 22.8 Å². The highest BCUT2D eigenvalue weighted by molar-refractivity contribution is 7.92. The summed E-state index contributed by atoms with van der Waals surface area (Å²) in [4.78, 5) is 24.7. The van der Waals surface area contributed by atoms with Crippen molar-refractivity contribution in [3.8, 4) is 0 Å². The standard InChI is InChI=1S/C24H23FN2O5S/c1-3-32-24(29)18-5-4-6-20(15-18)26-23(28)16-27(21-11-9-19(25)10-12-21)33(30,31)22-13-7-17(2)8-14-22/h4-15H,3,16H2,1-2H3,(H,26,28). The Kier molecular flexibility index (Phi) is 7.44. The molecule has 1 amide bonds. The molecule has 172 valence electrons. The van der Waals surface area contributed by atoms with Crippen LogP contribution in [-0.4, -0.2) is 33.4 Å². The first-order valence-corrected chi connectivity index (χ1v) is 11.6. The van der Waals surface area contributed by atoms with Crippen LogP contribution in [0.4, 0.5) is 15.8 Å². The molecular weight excluding hydrogens is 447 g/mol. The molecule has 0 unspecified atom stereocenters. The van der Waals surface area contributed by atoms with Crippen LogP contribution >= 0.6 is 0 Å². The van der Waals surface area contributed by atoms with Gasteiger partial charge in [0, 0.05) is 5.69 Å². The van der Waals surface area contributed by atoms with Gasteiger partial charge in [-0.2, -0.15) is 0 Å². The van der Waals surface area contributed by atoms with Gasteiger partial charge in [-0.05, 0) is 68.4 Å². The minimum atomic E-state index is -4.12. The van der Waals surface area contributed by atoms with Gasteiger partial charge in [0.15, 0.2) is 0 Å². The summed E-state index contributed by atoms with van der Waals surface area (Å²) < 4.78 is 45.9. The molecule has 0 saturated carbocycles. The number of halogens is 1. The third-order valence-electron chi connectivity index (χ3n) is 4.67. The monoisotopic (exact) mass is 470 g/mol. The summed E-state index contributed by atoms with van der Waals surface area (Å²) in [7, 11) is -4.12. The first kappa shape index (κ1) is 23.9. The lowest BCUT2D eigenvalue weighted by Gasteiger charge is -2.24. The van der Waals surface area contributed by atoms with Gasteiger partial charge < -0.3 is 10.1 Å². The lowest BCUT2D eigenvalue weighted by Crippen LogP contribution is -2.38. The Morgan fingerprint density at radius 3 is 2.30 bits per heavy atom. The number of hydrogen-bond donors (Lipinski definition) is 1. The maximum Gasteiger partial charge on any atom is 0.338 e. The predicted molar refractivity (Wildman–Crippen MR) is 123 cm³/mol. The number of aryl methyl sites for hydroxylation is 1. The summed E-state index contributed by atoms with van der Waals surface area (Å²) in [5.74, 6) is -1.72. The number of hydrogen-bond acceptors (Lipinski definition) is 5. The molecule has 1 N–H and O–H groups in total. The molecule has 7 nitrogen and oxygen atoms in total. The van der Waals surface area contributed by atoms with Crippen LogP contribution in [0.5, 0.6) is 0 Å². The van der Waals surface area contributed by atoms with E-state index in [9.17, 15) is 22.4 Å². The molecule has 0 atom stereocenters. The van der Waals surface area contributed by atoms with E-state index in [1.165, 1.54) is 30.3 Å². The number of amides is 1. The Balaban J connectivity index is 1.88. The van der Waals surface area contributed by atoms with Gasteiger partial charge in [-0.3, -0.25) is 9.10 Å². The van der Waals surface area contributed by atoms with Crippen molar-refractivity contribution in [2.75, 3.05) is 22.8 Å². The van der Waals surface area contributed by atoms with Crippen molar-refractivity contribution in [2.45, 2.75) is 18.7 Å². The molecule has 0 radical (unpaired) electrons. The van der Waals surface area contributed by atoms with Gasteiger partial charge in [0.1, 0.15) is 12.4 Å². The number of carbonyl (C=O) groups excluding carboxylic acids is 2. The normalized spacial score (nSPS) is 11.0. The van der Waals surface area contributed by atoms with Gasteiger partial charge in [0.25, 0.3) is 10.0 Å². The maximum atomic E-state index is 13.4. The number of anilines is 2. The third-order valence-corrected chi connectivity index (χ3v) is 6.46. The fourth-order valence-corrected chi connectivity index (χ4v) is 4.45. The zero-order chi connectivity index (χ0) is 24.0. The van der Waals surface area contributed by atoms with Crippen molar-refractivity contribution in [1.82, 2.24) is 0 Å². The van der Waals surface area contributed by atoms with E-state index < -0.39 is 34.3 Å². The molecule has 0 heterocycles. The number of nitrogens with zero attached hydrogens (tertiary/aromatic N) is 1. The van der Waals surface area contributed by atoms with Gasteiger partial charge in [0.2, 0.25) is 5.91 Å². The first-order chi connectivity index (χ1) is 15.7. The average molecular weight is 471 g/mol. The molecule has 0 aliphatic heterocycles. The van der Waals surface area contributed by atoms with Crippen molar-refractivity contribution in [3.05, 3.63) is 89.7 Å². The van der Waals surface area contributed by atoms with Crippen LogP contribution in [0.15, 0.2) is 77.7 Å². The molecular formula is C24H23FN2O5S. The van der Waals surface area contributed by atoms with Crippen molar-refractivity contribution < 1.29 is 27.1 Å². The van der Waals surface area contributed by atoms with Crippen LogP contribution in [-0.2, 0) is 19.6 Å². The molecule has 3 rings (SSSR count). The molecule has 0 fully saturated rings. The summed E-state index contributed by atoms with van der Waals surface area (Å²) in [6.07, 6.45) is 0. The number of carbonyl (C=O) groups is 2. The minimum absolute atomic E-state index is 0.00506. The Hall–Kier alpha value is -3.72. The molecule has 0 aliphatic rings. The molecule has 0 bridgehead atoms. The van der Waals surface area contributed by atoms with Gasteiger partial charge in [-0.15, -0.1) is 0 Å². The van der Waals surface area contributed by atoms with Crippen LogP contribution in [0.3, 0.4) is 0 Å². The first-order valence-electron chi connectivity index (χ1n) is 10.1. The highest BCUT2D eigenvalue weighted by atomic mass is 32.2. The smallest absolute Gasteiger partial charge is 0.338 e. The summed E-state index contributed by atoms with van der Waals surface area (Å²) in [5, 5.41) is 2.60.